The van der Waals surface area contributed by atoms with Crippen molar-refractivity contribution in [2.45, 2.75) is 19.4 Å². The number of β-amino-alcohol motifs (C(OH)–C–C–N with tert-alkyl or cyclic N) is 1. The van der Waals surface area contributed by atoms with Crippen LogP contribution in [-0.2, 0) is 7.05 Å². The first kappa shape index (κ1) is 12.1. The third-order valence-electron chi connectivity index (χ3n) is 3.43. The van der Waals surface area contributed by atoms with Gasteiger partial charge in [-0.05, 0) is 13.3 Å². The highest BCUT2D eigenvalue weighted by atomic mass is 16.3. The number of nitrogens with zero attached hydrogens (tertiary/aromatic N) is 5. The maximum Gasteiger partial charge on any atom is 0.225 e. The molecule has 6 nitrogen and oxygen atoms in total. The minimum atomic E-state index is -0.262. The number of aromatic nitrogens is 4. The van der Waals surface area contributed by atoms with E-state index in [-0.39, 0.29) is 6.10 Å². The van der Waals surface area contributed by atoms with E-state index < -0.39 is 0 Å². The molecule has 19 heavy (non-hydrogen) atoms. The van der Waals surface area contributed by atoms with E-state index in [1.807, 2.05) is 37.5 Å². The zero-order chi connectivity index (χ0) is 13.4. The number of hydrogen-bond donors (Lipinski definition) is 1. The Balaban J connectivity index is 1.90. The Morgan fingerprint density at radius 3 is 2.79 bits per heavy atom. The Kier molecular flexibility index (Phi) is 2.94. The summed E-state index contributed by atoms with van der Waals surface area (Å²) in [5.74, 6) is 0.696. The molecule has 0 aliphatic carbocycles. The van der Waals surface area contributed by atoms with Gasteiger partial charge in [-0.2, -0.15) is 5.10 Å². The molecular weight excluding hydrogens is 242 g/mol. The lowest BCUT2D eigenvalue weighted by molar-refractivity contribution is 0.198. The first-order valence-corrected chi connectivity index (χ1v) is 6.39. The van der Waals surface area contributed by atoms with Crippen molar-refractivity contribution in [3.8, 4) is 11.1 Å². The fourth-order valence-corrected chi connectivity index (χ4v) is 2.37. The minimum absolute atomic E-state index is 0.262. The number of hydrogen-bond acceptors (Lipinski definition) is 5. The average molecular weight is 259 g/mol. The van der Waals surface area contributed by atoms with Crippen LogP contribution in [0, 0.1) is 6.92 Å². The van der Waals surface area contributed by atoms with Crippen molar-refractivity contribution < 1.29 is 5.11 Å². The molecule has 3 rings (SSSR count). The van der Waals surface area contributed by atoms with Gasteiger partial charge in [0.1, 0.15) is 0 Å². The lowest BCUT2D eigenvalue weighted by atomic mass is 10.1. The molecular formula is C13H17N5O. The summed E-state index contributed by atoms with van der Waals surface area (Å²) in [5, 5.41) is 13.7. The van der Waals surface area contributed by atoms with E-state index in [1.165, 1.54) is 0 Å². The quantitative estimate of drug-likeness (QED) is 0.862. The van der Waals surface area contributed by atoms with Crippen molar-refractivity contribution in [1.82, 2.24) is 19.7 Å². The zero-order valence-corrected chi connectivity index (χ0v) is 11.1. The van der Waals surface area contributed by atoms with Crippen molar-refractivity contribution >= 4 is 5.95 Å². The molecule has 0 aromatic carbocycles. The van der Waals surface area contributed by atoms with Crippen molar-refractivity contribution in [3.63, 3.8) is 0 Å². The number of aryl methyl sites for hydroxylation is 2. The van der Waals surface area contributed by atoms with Gasteiger partial charge in [0.15, 0.2) is 0 Å². The van der Waals surface area contributed by atoms with E-state index in [9.17, 15) is 5.11 Å². The van der Waals surface area contributed by atoms with Gasteiger partial charge >= 0.3 is 0 Å². The van der Waals surface area contributed by atoms with Crippen molar-refractivity contribution in [2.24, 2.45) is 7.05 Å². The monoisotopic (exact) mass is 259 g/mol. The molecule has 0 unspecified atom stereocenters. The summed E-state index contributed by atoms with van der Waals surface area (Å²) in [4.78, 5) is 11.0. The summed E-state index contributed by atoms with van der Waals surface area (Å²) >= 11 is 0. The van der Waals surface area contributed by atoms with Crippen LogP contribution in [0.3, 0.4) is 0 Å². The highest BCUT2D eigenvalue weighted by Crippen LogP contribution is 2.23. The van der Waals surface area contributed by atoms with Gasteiger partial charge in [0.05, 0.1) is 18.0 Å². The third-order valence-corrected chi connectivity index (χ3v) is 3.43. The Morgan fingerprint density at radius 1 is 1.37 bits per heavy atom. The zero-order valence-electron chi connectivity index (χ0n) is 11.1. The van der Waals surface area contributed by atoms with Crippen LogP contribution in [0.5, 0.6) is 0 Å². The summed E-state index contributed by atoms with van der Waals surface area (Å²) in [5.41, 5.74) is 2.95. The topological polar surface area (TPSA) is 67.1 Å². The molecule has 0 amide bonds. The van der Waals surface area contributed by atoms with Crippen LogP contribution in [0.15, 0.2) is 18.6 Å². The van der Waals surface area contributed by atoms with Gasteiger partial charge in [0.25, 0.3) is 0 Å². The van der Waals surface area contributed by atoms with Crippen molar-refractivity contribution in [1.29, 1.82) is 0 Å². The Morgan fingerprint density at radius 2 is 2.21 bits per heavy atom. The molecule has 1 N–H and O–H groups in total. The van der Waals surface area contributed by atoms with Crippen LogP contribution >= 0.6 is 0 Å². The highest BCUT2D eigenvalue weighted by molar-refractivity contribution is 5.64. The molecule has 0 bridgehead atoms. The average Bonchev–Trinajstić information content (AvgIpc) is 2.98. The predicted octanol–water partition coefficient (Wildman–Crippen LogP) is 0.757. The van der Waals surface area contributed by atoms with E-state index in [4.69, 9.17) is 0 Å². The first-order chi connectivity index (χ1) is 9.13. The molecule has 0 saturated carbocycles. The van der Waals surface area contributed by atoms with Crippen LogP contribution in [0.25, 0.3) is 11.1 Å². The van der Waals surface area contributed by atoms with E-state index in [1.54, 1.807) is 4.68 Å². The van der Waals surface area contributed by atoms with Crippen molar-refractivity contribution in [2.75, 3.05) is 18.0 Å². The molecule has 1 atom stereocenters. The largest absolute Gasteiger partial charge is 0.391 e. The second-order valence-electron chi connectivity index (χ2n) is 4.96. The maximum atomic E-state index is 9.56. The molecule has 1 fully saturated rings. The molecule has 0 radical (unpaired) electrons. The van der Waals surface area contributed by atoms with Gasteiger partial charge in [-0.3, -0.25) is 4.68 Å². The molecule has 3 heterocycles. The second kappa shape index (κ2) is 4.62. The van der Waals surface area contributed by atoms with Crippen LogP contribution in [0.2, 0.25) is 0 Å². The van der Waals surface area contributed by atoms with Gasteiger partial charge in [0, 0.05) is 43.7 Å². The Hall–Kier alpha value is -1.95. The summed E-state index contributed by atoms with van der Waals surface area (Å²) in [7, 11) is 1.89. The molecule has 6 heteroatoms. The van der Waals surface area contributed by atoms with Crippen LogP contribution in [0.1, 0.15) is 12.1 Å². The summed E-state index contributed by atoms with van der Waals surface area (Å²) in [6.45, 7) is 3.40. The van der Waals surface area contributed by atoms with E-state index >= 15 is 0 Å². The number of aliphatic hydroxyl groups is 1. The van der Waals surface area contributed by atoms with E-state index in [0.29, 0.717) is 12.5 Å². The molecule has 2 aromatic heterocycles. The standard InChI is InChI=1S/C13H17N5O/c1-9-12(10-5-15-17(2)7-10)6-14-13(16-9)18-4-3-11(19)8-18/h5-7,11,19H,3-4,8H2,1-2H3/t11-/m1/s1. The SMILES string of the molecule is Cc1nc(N2CC[C@@H](O)C2)ncc1-c1cnn(C)c1. The number of anilines is 1. The number of rotatable bonds is 2. The fourth-order valence-electron chi connectivity index (χ4n) is 2.37. The Labute approximate surface area is 111 Å². The Bertz CT molecular complexity index is 594. The molecule has 1 aliphatic rings. The lowest BCUT2D eigenvalue weighted by Crippen LogP contribution is -2.23. The molecule has 100 valence electrons. The molecule has 2 aromatic rings. The summed E-state index contributed by atoms with van der Waals surface area (Å²) < 4.78 is 1.76. The van der Waals surface area contributed by atoms with E-state index in [0.717, 1.165) is 29.8 Å². The molecule has 1 saturated heterocycles. The van der Waals surface area contributed by atoms with Gasteiger partial charge < -0.3 is 10.0 Å². The van der Waals surface area contributed by atoms with Crippen LogP contribution in [-0.4, -0.2) is 44.0 Å². The van der Waals surface area contributed by atoms with Gasteiger partial charge in [0.2, 0.25) is 5.95 Å². The smallest absolute Gasteiger partial charge is 0.225 e. The predicted molar refractivity (Wildman–Crippen MR) is 71.8 cm³/mol. The number of aliphatic hydroxyl groups excluding tert-OH is 1. The minimum Gasteiger partial charge on any atom is -0.391 e. The first-order valence-electron chi connectivity index (χ1n) is 6.39. The lowest BCUT2D eigenvalue weighted by Gasteiger charge is -2.16. The fraction of sp³-hybridized carbons (Fsp3) is 0.462. The normalized spacial score (nSPS) is 19.1. The summed E-state index contributed by atoms with van der Waals surface area (Å²) in [6, 6.07) is 0. The summed E-state index contributed by atoms with van der Waals surface area (Å²) in [6.07, 6.45) is 6.11. The molecule has 1 aliphatic heterocycles. The van der Waals surface area contributed by atoms with Gasteiger partial charge in [-0.25, -0.2) is 9.97 Å². The highest BCUT2D eigenvalue weighted by Gasteiger charge is 2.22. The van der Waals surface area contributed by atoms with Crippen molar-refractivity contribution in [3.05, 3.63) is 24.3 Å². The van der Waals surface area contributed by atoms with Gasteiger partial charge in [-0.1, -0.05) is 0 Å². The molecule has 0 spiro atoms. The third kappa shape index (κ3) is 2.31. The van der Waals surface area contributed by atoms with Crippen LogP contribution in [0.4, 0.5) is 5.95 Å². The second-order valence-corrected chi connectivity index (χ2v) is 4.96. The maximum absolute atomic E-state index is 9.56. The van der Waals surface area contributed by atoms with Crippen LogP contribution < -0.4 is 4.90 Å². The van der Waals surface area contributed by atoms with Gasteiger partial charge in [-0.15, -0.1) is 0 Å². The van der Waals surface area contributed by atoms with E-state index in [2.05, 4.69) is 15.1 Å².